The smallest absolute Gasteiger partial charge is 0.128 e. The molecule has 4 heterocycles. The zero-order chi connectivity index (χ0) is 36.4. The van der Waals surface area contributed by atoms with Crippen molar-refractivity contribution in [2.75, 3.05) is 0 Å². The molecule has 9 aromatic rings. The van der Waals surface area contributed by atoms with E-state index in [1.165, 1.54) is 11.1 Å². The van der Waals surface area contributed by atoms with Gasteiger partial charge >= 0.3 is 0 Å². The second-order valence-electron chi connectivity index (χ2n) is 14.7. The number of rotatable bonds is 5. The third-order valence-electron chi connectivity index (χ3n) is 9.34. The van der Waals surface area contributed by atoms with Gasteiger partial charge in [0.25, 0.3) is 0 Å². The largest absolute Gasteiger partial charge is 0.500 e. The van der Waals surface area contributed by atoms with Crippen molar-refractivity contribution in [2.45, 2.75) is 34.1 Å². The number of hydrogen-bond donors (Lipinski definition) is 0. The molecule has 0 amide bonds. The van der Waals surface area contributed by atoms with Crippen molar-refractivity contribution < 1.29 is 24.5 Å². The maximum atomic E-state index is 6.67. The van der Waals surface area contributed by atoms with E-state index in [4.69, 9.17) is 4.42 Å². The third-order valence-corrected chi connectivity index (χ3v) is 9.34. The molecular formula is C49H39IrN3O-2. The molecule has 0 atom stereocenters. The second-order valence-corrected chi connectivity index (χ2v) is 14.7. The fraction of sp³-hybridized carbons (Fsp3) is 0.122. The molecule has 0 aliphatic carbocycles. The van der Waals surface area contributed by atoms with E-state index >= 15 is 0 Å². The van der Waals surface area contributed by atoms with Crippen molar-refractivity contribution in [3.05, 3.63) is 175 Å². The Morgan fingerprint density at radius 3 is 2.22 bits per heavy atom. The summed E-state index contributed by atoms with van der Waals surface area (Å²) in [6.07, 6.45) is 8.60. The number of nitrogens with zero attached hydrogens (tertiary/aromatic N) is 3. The van der Waals surface area contributed by atoms with Crippen molar-refractivity contribution in [2.24, 2.45) is 5.41 Å². The van der Waals surface area contributed by atoms with Gasteiger partial charge in [0, 0.05) is 61.2 Å². The van der Waals surface area contributed by atoms with Crippen molar-refractivity contribution in [1.29, 1.82) is 0 Å². The van der Waals surface area contributed by atoms with Gasteiger partial charge in [0.05, 0.1) is 5.58 Å². The SMILES string of the molecule is Cc1c[c-]c(-c2ccc(CC(C)(C)C)cn2)cc1.[Ir].[c-]1ccc2c(oc3c(-c4cccc5ccncc45)cc(-c4ccccc4)cc32)c1-c1ccccn1. The van der Waals surface area contributed by atoms with Crippen molar-refractivity contribution in [1.82, 2.24) is 15.0 Å². The molecule has 0 saturated heterocycles. The van der Waals surface area contributed by atoms with Gasteiger partial charge in [-0.2, -0.15) is 0 Å². The first-order valence-electron chi connectivity index (χ1n) is 18.0. The van der Waals surface area contributed by atoms with E-state index < -0.39 is 0 Å². The molecule has 1 radical (unpaired) electrons. The van der Waals surface area contributed by atoms with Crippen molar-refractivity contribution in [3.63, 3.8) is 0 Å². The minimum absolute atomic E-state index is 0. The van der Waals surface area contributed by atoms with Crippen LogP contribution >= 0.6 is 0 Å². The number of furan rings is 1. The van der Waals surface area contributed by atoms with Crippen LogP contribution in [0.15, 0.2) is 157 Å². The van der Waals surface area contributed by atoms with Crippen molar-refractivity contribution in [3.8, 4) is 44.8 Å². The number of hydrogen-bond acceptors (Lipinski definition) is 4. The van der Waals surface area contributed by atoms with E-state index in [0.29, 0.717) is 5.41 Å². The third kappa shape index (κ3) is 7.79. The zero-order valence-corrected chi connectivity index (χ0v) is 33.1. The maximum absolute atomic E-state index is 6.67. The Hall–Kier alpha value is -5.74. The average Bonchev–Trinajstić information content (AvgIpc) is 3.57. The van der Waals surface area contributed by atoms with E-state index in [0.717, 1.165) is 83.9 Å². The van der Waals surface area contributed by atoms with E-state index in [1.54, 1.807) is 6.20 Å². The van der Waals surface area contributed by atoms with Gasteiger partial charge in [0.2, 0.25) is 0 Å². The molecule has 0 spiro atoms. The van der Waals surface area contributed by atoms with Crippen LogP contribution in [0.2, 0.25) is 0 Å². The molecule has 0 fully saturated rings. The van der Waals surface area contributed by atoms with Crippen LogP contribution in [0.4, 0.5) is 0 Å². The molecule has 5 aromatic carbocycles. The van der Waals surface area contributed by atoms with Crippen LogP contribution in [-0.2, 0) is 26.5 Å². The minimum atomic E-state index is 0. The van der Waals surface area contributed by atoms with E-state index in [9.17, 15) is 0 Å². The first-order chi connectivity index (χ1) is 25.8. The first kappa shape index (κ1) is 36.6. The molecule has 0 N–H and O–H groups in total. The van der Waals surface area contributed by atoms with Crippen molar-refractivity contribution >= 4 is 32.7 Å². The molecule has 267 valence electrons. The summed E-state index contributed by atoms with van der Waals surface area (Å²) >= 11 is 0. The molecule has 4 aromatic heterocycles. The minimum Gasteiger partial charge on any atom is -0.500 e. The van der Waals surface area contributed by atoms with Gasteiger partial charge in [-0.1, -0.05) is 111 Å². The molecule has 0 aliphatic rings. The normalized spacial score (nSPS) is 11.3. The number of aryl methyl sites for hydroxylation is 1. The topological polar surface area (TPSA) is 51.8 Å². The van der Waals surface area contributed by atoms with Crippen LogP contribution < -0.4 is 0 Å². The first-order valence-corrected chi connectivity index (χ1v) is 18.0. The Morgan fingerprint density at radius 2 is 1.48 bits per heavy atom. The number of aromatic nitrogens is 3. The number of pyridine rings is 3. The fourth-order valence-corrected chi connectivity index (χ4v) is 6.85. The Labute approximate surface area is 330 Å². The molecule has 0 unspecified atom stereocenters. The van der Waals surface area contributed by atoms with Gasteiger partial charge in [0.1, 0.15) is 5.58 Å². The molecule has 54 heavy (non-hydrogen) atoms. The van der Waals surface area contributed by atoms with Gasteiger partial charge in [-0.25, -0.2) is 0 Å². The Balaban J connectivity index is 0.000000201. The predicted molar refractivity (Wildman–Crippen MR) is 218 cm³/mol. The molecule has 0 saturated carbocycles. The summed E-state index contributed by atoms with van der Waals surface area (Å²) in [5.74, 6) is 0. The average molecular weight is 878 g/mol. The zero-order valence-electron chi connectivity index (χ0n) is 30.7. The van der Waals surface area contributed by atoms with Gasteiger partial charge in [-0.15, -0.1) is 53.6 Å². The maximum Gasteiger partial charge on any atom is 0.128 e. The number of benzene rings is 5. The molecule has 9 rings (SSSR count). The predicted octanol–water partition coefficient (Wildman–Crippen LogP) is 12.8. The molecule has 4 nitrogen and oxygen atoms in total. The summed E-state index contributed by atoms with van der Waals surface area (Å²) < 4.78 is 6.67. The summed E-state index contributed by atoms with van der Waals surface area (Å²) in [5.41, 5.74) is 12.7. The summed E-state index contributed by atoms with van der Waals surface area (Å²) in [6.45, 7) is 8.80. The molecule has 5 heteroatoms. The summed E-state index contributed by atoms with van der Waals surface area (Å²) in [4.78, 5) is 13.5. The van der Waals surface area contributed by atoms with Crippen LogP contribution in [0.25, 0.3) is 77.5 Å². The molecule has 0 bridgehead atoms. The summed E-state index contributed by atoms with van der Waals surface area (Å²) in [7, 11) is 0. The summed E-state index contributed by atoms with van der Waals surface area (Å²) in [5, 5.41) is 4.37. The van der Waals surface area contributed by atoms with E-state index in [-0.39, 0.29) is 20.1 Å². The Morgan fingerprint density at radius 1 is 0.630 bits per heavy atom. The van der Waals surface area contributed by atoms with E-state index in [2.05, 4.69) is 140 Å². The standard InChI is InChI=1S/C32H19N2O.C17H20N.Ir/c1-2-8-21(9-3-1)23-18-27(24-11-6-10-22-15-17-33-20-29(22)24)32-28(19-23)25-12-7-13-26(31(25)35-32)30-14-4-5-16-34-30;1-13-5-8-15(9-6-13)16-10-7-14(12-18-16)11-17(2,3)4;/h1-12,14-20H;5-8,10,12H,11H2,1-4H3;/q2*-1;. The monoisotopic (exact) mass is 878 g/mol. The van der Waals surface area contributed by atoms with Gasteiger partial charge in [0.15, 0.2) is 0 Å². The van der Waals surface area contributed by atoms with Crippen LogP contribution in [0.3, 0.4) is 0 Å². The van der Waals surface area contributed by atoms with Gasteiger partial charge in [-0.3, -0.25) is 4.98 Å². The van der Waals surface area contributed by atoms with Crippen LogP contribution in [0.5, 0.6) is 0 Å². The quantitative estimate of drug-likeness (QED) is 0.162. The van der Waals surface area contributed by atoms with Gasteiger partial charge in [-0.05, 0) is 75.1 Å². The van der Waals surface area contributed by atoms with Gasteiger partial charge < -0.3 is 14.4 Å². The van der Waals surface area contributed by atoms with Crippen LogP contribution in [0.1, 0.15) is 31.9 Å². The Bertz CT molecular complexity index is 2660. The number of fused-ring (bicyclic) bond motifs is 4. The fourth-order valence-electron chi connectivity index (χ4n) is 6.85. The molecule has 0 aliphatic heterocycles. The van der Waals surface area contributed by atoms with E-state index in [1.807, 2.05) is 61.1 Å². The Kier molecular flexibility index (Phi) is 10.6. The van der Waals surface area contributed by atoms with Crippen LogP contribution in [0, 0.1) is 24.5 Å². The van der Waals surface area contributed by atoms with Crippen LogP contribution in [-0.4, -0.2) is 15.0 Å². The molecular weight excluding hydrogens is 839 g/mol. The second kappa shape index (κ2) is 15.7. The summed E-state index contributed by atoms with van der Waals surface area (Å²) in [6, 6.07) is 50.3.